The summed E-state index contributed by atoms with van der Waals surface area (Å²) in [7, 11) is 0. The lowest BCUT2D eigenvalue weighted by atomic mass is 10.1. The highest BCUT2D eigenvalue weighted by molar-refractivity contribution is 6.27. The maximum Gasteiger partial charge on any atom is 0.152 e. The van der Waals surface area contributed by atoms with Crippen LogP contribution in [-0.4, -0.2) is 18.3 Å². The van der Waals surface area contributed by atoms with Crippen molar-refractivity contribution in [3.8, 4) is 5.75 Å². The van der Waals surface area contributed by atoms with Gasteiger partial charge in [-0.3, -0.25) is 4.79 Å². The molecule has 14 heavy (non-hydrogen) atoms. The van der Waals surface area contributed by atoms with E-state index in [1.807, 2.05) is 31.2 Å². The van der Waals surface area contributed by atoms with Crippen molar-refractivity contribution in [2.45, 2.75) is 13.3 Å². The van der Waals surface area contributed by atoms with Crippen LogP contribution in [0, 0.1) is 0 Å². The van der Waals surface area contributed by atoms with Crippen LogP contribution in [0.2, 0.25) is 0 Å². The zero-order valence-electron chi connectivity index (χ0n) is 8.13. The van der Waals surface area contributed by atoms with Gasteiger partial charge >= 0.3 is 0 Å². The Morgan fingerprint density at radius 1 is 1.43 bits per heavy atom. The van der Waals surface area contributed by atoms with Gasteiger partial charge in [0.2, 0.25) is 0 Å². The lowest BCUT2D eigenvalue weighted by Crippen LogP contribution is -2.06. The minimum absolute atomic E-state index is 0.0128. The van der Waals surface area contributed by atoms with E-state index in [2.05, 4.69) is 0 Å². The molecule has 0 atom stereocenters. The van der Waals surface area contributed by atoms with Crippen molar-refractivity contribution in [3.05, 3.63) is 29.8 Å². The van der Waals surface area contributed by atoms with Crippen molar-refractivity contribution < 1.29 is 9.53 Å². The largest absolute Gasteiger partial charge is 0.494 e. The molecule has 0 aromatic heterocycles. The van der Waals surface area contributed by atoms with Gasteiger partial charge in [0.1, 0.15) is 5.75 Å². The minimum atomic E-state index is 0.0128. The molecule has 0 radical (unpaired) electrons. The highest BCUT2D eigenvalue weighted by Crippen LogP contribution is 2.18. The van der Waals surface area contributed by atoms with Crippen molar-refractivity contribution in [1.82, 2.24) is 0 Å². The maximum atomic E-state index is 11.2. The zero-order valence-corrected chi connectivity index (χ0v) is 8.88. The molecule has 0 aliphatic carbocycles. The van der Waals surface area contributed by atoms with Gasteiger partial charge in [0.15, 0.2) is 5.78 Å². The fraction of sp³-hybridized carbons (Fsp3) is 0.364. The van der Waals surface area contributed by atoms with Crippen LogP contribution >= 0.6 is 11.6 Å². The van der Waals surface area contributed by atoms with E-state index in [9.17, 15) is 4.79 Å². The first-order valence-corrected chi connectivity index (χ1v) is 5.09. The van der Waals surface area contributed by atoms with Crippen LogP contribution in [0.4, 0.5) is 0 Å². The number of benzene rings is 1. The molecule has 0 N–H and O–H groups in total. The number of carbonyl (C=O) groups is 1. The number of carbonyl (C=O) groups excluding carboxylic acids is 1. The van der Waals surface area contributed by atoms with Crippen molar-refractivity contribution in [2.75, 3.05) is 12.5 Å². The third-order valence-electron chi connectivity index (χ3n) is 1.81. The lowest BCUT2D eigenvalue weighted by Gasteiger charge is -2.08. The van der Waals surface area contributed by atoms with E-state index >= 15 is 0 Å². The van der Waals surface area contributed by atoms with Gasteiger partial charge in [-0.15, -0.1) is 11.6 Å². The smallest absolute Gasteiger partial charge is 0.152 e. The predicted octanol–water partition coefficient (Wildman–Crippen LogP) is 2.44. The molecule has 0 saturated heterocycles. The fourth-order valence-corrected chi connectivity index (χ4v) is 1.30. The second-order valence-corrected chi connectivity index (χ2v) is 3.16. The number of para-hydroxylation sites is 1. The van der Waals surface area contributed by atoms with Gasteiger partial charge in [-0.1, -0.05) is 18.2 Å². The summed E-state index contributed by atoms with van der Waals surface area (Å²) in [5.41, 5.74) is 0.903. The minimum Gasteiger partial charge on any atom is -0.494 e. The molecule has 0 aliphatic heterocycles. The Hall–Kier alpha value is -1.02. The normalized spacial score (nSPS) is 9.86. The average molecular weight is 213 g/mol. The van der Waals surface area contributed by atoms with E-state index < -0.39 is 0 Å². The van der Waals surface area contributed by atoms with E-state index in [0.29, 0.717) is 13.0 Å². The third-order valence-corrected chi connectivity index (χ3v) is 2.11. The number of ketones is 1. The molecule has 0 spiro atoms. The van der Waals surface area contributed by atoms with Crippen molar-refractivity contribution >= 4 is 17.4 Å². The van der Waals surface area contributed by atoms with Crippen LogP contribution in [-0.2, 0) is 11.2 Å². The van der Waals surface area contributed by atoms with Crippen LogP contribution in [0.15, 0.2) is 24.3 Å². The predicted molar refractivity (Wildman–Crippen MR) is 57.0 cm³/mol. The SMILES string of the molecule is CCOc1ccccc1CC(=O)CCl. The third kappa shape index (κ3) is 3.04. The van der Waals surface area contributed by atoms with Crippen LogP contribution < -0.4 is 4.74 Å². The molecule has 0 unspecified atom stereocenters. The van der Waals surface area contributed by atoms with Gasteiger partial charge in [0.25, 0.3) is 0 Å². The van der Waals surface area contributed by atoms with Crippen LogP contribution in [0.3, 0.4) is 0 Å². The molecule has 0 fully saturated rings. The monoisotopic (exact) mass is 212 g/mol. The molecular weight excluding hydrogens is 200 g/mol. The first-order chi connectivity index (χ1) is 6.77. The Morgan fingerprint density at radius 3 is 2.79 bits per heavy atom. The Bertz CT molecular complexity index is 310. The molecule has 1 rings (SSSR count). The van der Waals surface area contributed by atoms with E-state index in [0.717, 1.165) is 11.3 Å². The molecule has 0 saturated carbocycles. The molecular formula is C11H13ClO2. The quantitative estimate of drug-likeness (QED) is 0.701. The van der Waals surface area contributed by atoms with Gasteiger partial charge < -0.3 is 4.74 Å². The fourth-order valence-electron chi connectivity index (χ4n) is 1.21. The second-order valence-electron chi connectivity index (χ2n) is 2.89. The summed E-state index contributed by atoms with van der Waals surface area (Å²) in [6.45, 7) is 2.52. The number of alkyl halides is 1. The Labute approximate surface area is 88.8 Å². The molecule has 0 bridgehead atoms. The molecule has 2 nitrogen and oxygen atoms in total. The molecule has 76 valence electrons. The molecule has 0 heterocycles. The Balaban J connectivity index is 2.78. The average Bonchev–Trinajstić information content (AvgIpc) is 2.21. The van der Waals surface area contributed by atoms with Gasteiger partial charge in [-0.05, 0) is 13.0 Å². The van der Waals surface area contributed by atoms with E-state index in [1.54, 1.807) is 0 Å². The lowest BCUT2D eigenvalue weighted by molar-refractivity contribution is -0.116. The number of Topliss-reactive ketones (excluding diaryl/α,β-unsaturated/α-hetero) is 1. The van der Waals surface area contributed by atoms with Gasteiger partial charge in [0, 0.05) is 12.0 Å². The Morgan fingerprint density at radius 2 is 2.14 bits per heavy atom. The van der Waals surface area contributed by atoms with Crippen molar-refractivity contribution in [3.63, 3.8) is 0 Å². The van der Waals surface area contributed by atoms with E-state index in [1.165, 1.54) is 0 Å². The van der Waals surface area contributed by atoms with Crippen LogP contribution in [0.5, 0.6) is 5.75 Å². The van der Waals surface area contributed by atoms with Crippen molar-refractivity contribution in [1.29, 1.82) is 0 Å². The number of halogens is 1. The molecule has 1 aromatic rings. The van der Waals surface area contributed by atoms with Crippen LogP contribution in [0.25, 0.3) is 0 Å². The maximum absolute atomic E-state index is 11.2. The summed E-state index contributed by atoms with van der Waals surface area (Å²) in [5.74, 6) is 0.841. The highest BCUT2D eigenvalue weighted by atomic mass is 35.5. The summed E-state index contributed by atoms with van der Waals surface area (Å²) in [4.78, 5) is 11.2. The van der Waals surface area contributed by atoms with Gasteiger partial charge in [-0.2, -0.15) is 0 Å². The standard InChI is InChI=1S/C11H13ClO2/c1-2-14-11-6-4-3-5-9(11)7-10(13)8-12/h3-6H,2,7-8H2,1H3. The molecule has 3 heteroatoms. The zero-order chi connectivity index (χ0) is 10.4. The summed E-state index contributed by atoms with van der Waals surface area (Å²) in [6, 6.07) is 7.52. The first kappa shape index (κ1) is 11.1. The number of ether oxygens (including phenoxy) is 1. The summed E-state index contributed by atoms with van der Waals surface area (Å²) >= 11 is 5.44. The molecule has 0 aliphatic rings. The number of rotatable bonds is 5. The number of hydrogen-bond donors (Lipinski definition) is 0. The number of hydrogen-bond acceptors (Lipinski definition) is 2. The highest BCUT2D eigenvalue weighted by Gasteiger charge is 2.06. The van der Waals surface area contributed by atoms with E-state index in [4.69, 9.17) is 16.3 Å². The van der Waals surface area contributed by atoms with E-state index in [-0.39, 0.29) is 11.7 Å². The molecule has 0 amide bonds. The topological polar surface area (TPSA) is 26.3 Å². The van der Waals surface area contributed by atoms with Gasteiger partial charge in [-0.25, -0.2) is 0 Å². The Kier molecular flexibility index (Phi) is 4.47. The second kappa shape index (κ2) is 5.66. The van der Waals surface area contributed by atoms with Gasteiger partial charge in [0.05, 0.1) is 12.5 Å². The summed E-state index contributed by atoms with van der Waals surface area (Å²) in [6.07, 6.45) is 0.347. The summed E-state index contributed by atoms with van der Waals surface area (Å²) < 4.78 is 5.39. The van der Waals surface area contributed by atoms with Crippen LogP contribution in [0.1, 0.15) is 12.5 Å². The van der Waals surface area contributed by atoms with Crippen molar-refractivity contribution in [2.24, 2.45) is 0 Å². The first-order valence-electron chi connectivity index (χ1n) is 4.56. The molecule has 1 aromatic carbocycles. The summed E-state index contributed by atoms with van der Waals surface area (Å²) in [5, 5.41) is 0.